The average Bonchev–Trinajstić information content (AvgIpc) is 1.60. The first-order chi connectivity index (χ1) is 70.8. The third-order valence-electron chi connectivity index (χ3n) is 26.6. The summed E-state index contributed by atoms with van der Waals surface area (Å²) in [7, 11) is 0. The molecule has 8 aromatic heterocycles. The average molecular weight is 1850 g/mol. The van der Waals surface area contributed by atoms with Gasteiger partial charge in [0.2, 0.25) is 0 Å². The van der Waals surface area contributed by atoms with E-state index in [-0.39, 0.29) is 0 Å². The van der Waals surface area contributed by atoms with Crippen molar-refractivity contribution in [2.24, 2.45) is 0 Å². The molecule has 10 nitrogen and oxygen atoms in total. The molecule has 0 aliphatic heterocycles. The maximum absolute atomic E-state index is 6.17. The first kappa shape index (κ1) is 85.7. The summed E-state index contributed by atoms with van der Waals surface area (Å²) in [6, 6.07) is 179. The van der Waals surface area contributed by atoms with Crippen LogP contribution in [0.25, 0.3) is 261 Å². The largest absolute Gasteiger partial charge is 0.456 e. The number of hydrogen-bond donors (Lipinski definition) is 0. The minimum absolute atomic E-state index is 0.672. The Morgan fingerprint density at radius 3 is 0.846 bits per heavy atom. The maximum atomic E-state index is 6.17. The number of aromatic nitrogens is 7. The van der Waals surface area contributed by atoms with Gasteiger partial charge in [-0.05, 0) is 148 Å². The van der Waals surface area contributed by atoms with Crippen LogP contribution in [0.2, 0.25) is 0 Å². The summed E-state index contributed by atoms with van der Waals surface area (Å²) in [6.45, 7) is 0. The van der Waals surface area contributed by atoms with E-state index < -0.39 is 0 Å². The lowest BCUT2D eigenvalue weighted by atomic mass is 9.95. The van der Waals surface area contributed by atoms with Crippen molar-refractivity contribution in [3.63, 3.8) is 0 Å². The number of furan rings is 3. The van der Waals surface area contributed by atoms with Gasteiger partial charge in [-0.25, -0.2) is 29.9 Å². The van der Waals surface area contributed by atoms with E-state index in [0.717, 1.165) is 201 Å². The van der Waals surface area contributed by atoms with Crippen LogP contribution in [0.15, 0.2) is 529 Å². The van der Waals surface area contributed by atoms with Crippen molar-refractivity contribution in [1.82, 2.24) is 34.5 Å². The molecule has 0 bridgehead atoms. The molecule has 11 heteroatoms. The molecule has 27 rings (SSSR count). The Kier molecular flexibility index (Phi) is 22.7. The zero-order chi connectivity index (χ0) is 94.9. The van der Waals surface area contributed by atoms with E-state index in [1.807, 2.05) is 90.2 Å². The lowest BCUT2D eigenvalue weighted by Crippen LogP contribution is -1.98. The fourth-order valence-corrected chi connectivity index (χ4v) is 20.6. The van der Waals surface area contributed by atoms with E-state index in [9.17, 15) is 0 Å². The Balaban J connectivity index is 0.000000113. The summed E-state index contributed by atoms with van der Waals surface area (Å²) in [6.07, 6.45) is 0. The molecule has 27 aromatic rings. The van der Waals surface area contributed by atoms with Gasteiger partial charge in [-0.15, -0.1) is 11.3 Å². The number of thiophene rings is 1. The van der Waals surface area contributed by atoms with Gasteiger partial charge in [-0.3, -0.25) is 0 Å². The fraction of sp³-hybridized carbons (Fsp3) is 0. The van der Waals surface area contributed by atoms with Crippen molar-refractivity contribution >= 4 is 86.2 Å². The van der Waals surface area contributed by atoms with Crippen molar-refractivity contribution in [2.45, 2.75) is 0 Å². The highest BCUT2D eigenvalue weighted by atomic mass is 32.1. The first-order valence-electron chi connectivity index (χ1n) is 47.9. The summed E-state index contributed by atoms with van der Waals surface area (Å²) >= 11 is 1.81. The standard InChI is InChI=1S/C48H31N3O.C42H26N2OS.C42H28N2O/c1-2-12-32(13-3-1)38-15-5-6-16-39(38)43-31-42(33-22-24-34(25-23-33)47-30-36-14-4-11-21-46(36)52-47)49-48(50-43)35-26-28-37(29-27-35)51-44-19-9-7-17-40(44)41-18-8-10-20-45(41)51;1-2-10-27(11-3-1)32-13-5-6-14-33(32)37-26-36(28-18-20-29(21-19-28)39-24-30-12-4-8-16-38(30)45-39)43-42(44-37)31-22-23-35-34-15-7-9-17-40(34)46-41(35)25-31;1-3-13-29(14-4-1)34-18-8-10-20-36(34)39-28-38(31-23-25-32(26-24-31)41-27-33-17-7-12-22-40(33)45-41)43-42(44-39)37-21-11-9-19-35(37)30-15-5-2-6-16-30/h1-31H;1-26H;1-28H. The molecule has 143 heavy (non-hydrogen) atoms. The number of para-hydroxylation sites is 5. The molecule has 0 fully saturated rings. The van der Waals surface area contributed by atoms with Crippen molar-refractivity contribution in [2.75, 3.05) is 0 Å². The highest BCUT2D eigenvalue weighted by molar-refractivity contribution is 7.25. The molecule has 0 atom stereocenters. The molecule has 0 aliphatic rings. The van der Waals surface area contributed by atoms with E-state index >= 15 is 0 Å². The van der Waals surface area contributed by atoms with E-state index in [4.69, 9.17) is 43.2 Å². The van der Waals surface area contributed by atoms with Crippen molar-refractivity contribution in [1.29, 1.82) is 0 Å². The quantitative estimate of drug-likeness (QED) is 0.0877. The molecule has 0 N–H and O–H groups in total. The minimum Gasteiger partial charge on any atom is -0.456 e. The molecule has 0 saturated carbocycles. The second kappa shape index (κ2) is 37.9. The van der Waals surface area contributed by atoms with Gasteiger partial charge in [0.15, 0.2) is 17.5 Å². The predicted octanol–water partition coefficient (Wildman–Crippen LogP) is 35.8. The van der Waals surface area contributed by atoms with Crippen LogP contribution in [0.3, 0.4) is 0 Å². The second-order valence-electron chi connectivity index (χ2n) is 35.4. The SMILES string of the molecule is c1ccc(-c2ccccc2-c2cc(-c3ccc(-c4cc5ccccc5o4)cc3)nc(-c3ccc(-n4c5ccccc5c5ccccc54)cc3)n2)cc1.c1ccc(-c2ccccc2-c2cc(-c3ccc(-c4cc5ccccc5o4)cc3)nc(-c3ccc4c(c3)sc3ccccc34)n2)cc1.c1ccc(-c2ccccc2-c2cc(-c3ccc(-c4cc5ccccc5o4)cc3)nc(-c3ccccc3-c3ccccc3)n2)cc1. The Morgan fingerprint density at radius 2 is 0.448 bits per heavy atom. The second-order valence-corrected chi connectivity index (χ2v) is 36.5. The van der Waals surface area contributed by atoms with Crippen LogP contribution in [0.1, 0.15) is 0 Å². The molecule has 0 radical (unpaired) electrons. The molecular formula is C132H85N7O3S. The molecule has 0 amide bonds. The Morgan fingerprint density at radius 1 is 0.168 bits per heavy atom. The lowest BCUT2D eigenvalue weighted by molar-refractivity contribution is 0.631. The van der Waals surface area contributed by atoms with Crippen molar-refractivity contribution in [3.05, 3.63) is 516 Å². The lowest BCUT2D eigenvalue weighted by Gasteiger charge is -2.15. The van der Waals surface area contributed by atoms with Crippen LogP contribution < -0.4 is 0 Å². The molecule has 19 aromatic carbocycles. The van der Waals surface area contributed by atoms with E-state index in [2.05, 4.69) is 441 Å². The molecule has 672 valence electrons. The summed E-state index contributed by atoms with van der Waals surface area (Å²) in [5.41, 5.74) is 32.6. The monoisotopic (exact) mass is 1850 g/mol. The number of rotatable bonds is 17. The Bertz CT molecular complexity index is 9130. The number of hydrogen-bond acceptors (Lipinski definition) is 10. The summed E-state index contributed by atoms with van der Waals surface area (Å²) in [5.74, 6) is 4.61. The molecule has 0 spiro atoms. The number of benzene rings is 19. The smallest absolute Gasteiger partial charge is 0.161 e. The summed E-state index contributed by atoms with van der Waals surface area (Å²) in [5, 5.41) is 8.31. The molecule has 0 saturated heterocycles. The third-order valence-corrected chi connectivity index (χ3v) is 27.7. The first-order valence-corrected chi connectivity index (χ1v) is 48.7. The maximum Gasteiger partial charge on any atom is 0.161 e. The van der Waals surface area contributed by atoms with Gasteiger partial charge in [0.05, 0.1) is 45.2 Å². The normalized spacial score (nSPS) is 11.4. The summed E-state index contributed by atoms with van der Waals surface area (Å²) < 4.78 is 23.3. The van der Waals surface area contributed by atoms with Crippen LogP contribution in [0, 0.1) is 0 Å². The van der Waals surface area contributed by atoms with Crippen LogP contribution in [-0.4, -0.2) is 34.5 Å². The van der Waals surface area contributed by atoms with Gasteiger partial charge >= 0.3 is 0 Å². The van der Waals surface area contributed by atoms with E-state index in [1.165, 1.54) is 42.0 Å². The molecular weight excluding hydrogens is 1760 g/mol. The Hall–Kier alpha value is -18.9. The van der Waals surface area contributed by atoms with Gasteiger partial charge < -0.3 is 17.8 Å². The highest BCUT2D eigenvalue weighted by Crippen LogP contribution is 2.45. The van der Waals surface area contributed by atoms with Gasteiger partial charge in [0.25, 0.3) is 0 Å². The topological polar surface area (TPSA) is 122 Å². The number of fused-ring (bicyclic) bond motifs is 9. The zero-order valence-electron chi connectivity index (χ0n) is 77.3. The summed E-state index contributed by atoms with van der Waals surface area (Å²) in [4.78, 5) is 31.2. The van der Waals surface area contributed by atoms with Crippen LogP contribution in [-0.2, 0) is 0 Å². The number of nitrogens with zero attached hydrogens (tertiary/aromatic N) is 7. The minimum atomic E-state index is 0.672. The molecule has 0 aliphatic carbocycles. The zero-order valence-corrected chi connectivity index (χ0v) is 78.2. The van der Waals surface area contributed by atoms with E-state index in [0.29, 0.717) is 17.5 Å². The molecule has 8 heterocycles. The Labute approximate surface area is 829 Å². The van der Waals surface area contributed by atoms with Gasteiger partial charge in [-0.1, -0.05) is 413 Å². The van der Waals surface area contributed by atoms with Gasteiger partial charge in [-0.2, -0.15) is 0 Å². The highest BCUT2D eigenvalue weighted by Gasteiger charge is 2.24. The van der Waals surface area contributed by atoms with Crippen molar-refractivity contribution in [3.8, 4) is 186 Å². The van der Waals surface area contributed by atoms with Gasteiger partial charge in [0, 0.05) is 120 Å². The predicted molar refractivity (Wildman–Crippen MR) is 590 cm³/mol. The van der Waals surface area contributed by atoms with Gasteiger partial charge in [0.1, 0.15) is 34.0 Å². The molecule has 0 unspecified atom stereocenters. The van der Waals surface area contributed by atoms with Crippen LogP contribution in [0.5, 0.6) is 0 Å². The van der Waals surface area contributed by atoms with Crippen molar-refractivity contribution < 1.29 is 13.3 Å². The fourth-order valence-electron chi connectivity index (χ4n) is 19.5. The third kappa shape index (κ3) is 17.2. The van der Waals surface area contributed by atoms with E-state index in [1.54, 1.807) is 0 Å². The van der Waals surface area contributed by atoms with Crippen LogP contribution >= 0.6 is 11.3 Å². The van der Waals surface area contributed by atoms with Crippen LogP contribution in [0.4, 0.5) is 0 Å².